The van der Waals surface area contributed by atoms with E-state index in [0.29, 0.717) is 24.4 Å². The zero-order chi connectivity index (χ0) is 17.6. The normalized spacial score (nSPS) is 11.4. The van der Waals surface area contributed by atoms with Crippen LogP contribution in [0.1, 0.15) is 17.0 Å². The van der Waals surface area contributed by atoms with Gasteiger partial charge in [-0.2, -0.15) is 9.50 Å². The lowest BCUT2D eigenvalue weighted by atomic mass is 10.1. The lowest BCUT2D eigenvalue weighted by Gasteiger charge is -2.08. The van der Waals surface area contributed by atoms with E-state index in [0.717, 1.165) is 22.0 Å². The van der Waals surface area contributed by atoms with Crippen molar-refractivity contribution >= 4 is 22.5 Å². The van der Waals surface area contributed by atoms with Gasteiger partial charge in [-0.05, 0) is 35.4 Å². The molecule has 0 saturated carbocycles. The molecule has 2 aromatic heterocycles. The number of rotatable bonds is 3. The zero-order valence-corrected chi connectivity index (χ0v) is 13.2. The molecule has 0 amide bonds. The molecule has 4 aromatic rings. The van der Waals surface area contributed by atoms with Crippen LogP contribution in [0.5, 0.6) is 11.5 Å². The maximum absolute atomic E-state index is 9.69. The summed E-state index contributed by atoms with van der Waals surface area (Å²) in [6.45, 7) is 0.417. The summed E-state index contributed by atoms with van der Waals surface area (Å²) in [5.41, 5.74) is 14.6. The Bertz CT molecular complexity index is 1110. The third-order valence-corrected chi connectivity index (χ3v) is 4.06. The van der Waals surface area contributed by atoms with E-state index in [1.807, 2.05) is 18.2 Å². The summed E-state index contributed by atoms with van der Waals surface area (Å²) in [5, 5.41) is 24.2. The molecular formula is C17H16N6O2. The molecule has 0 saturated heterocycles. The Hall–Kier alpha value is -3.39. The fourth-order valence-corrected chi connectivity index (χ4v) is 2.83. The fraction of sp³-hybridized carbons (Fsp3) is 0.118. The molecular weight excluding hydrogens is 320 g/mol. The van der Waals surface area contributed by atoms with E-state index in [9.17, 15) is 10.2 Å². The van der Waals surface area contributed by atoms with Crippen LogP contribution in [-0.2, 0) is 13.0 Å². The average Bonchev–Trinajstić information content (AvgIpc) is 3.00. The van der Waals surface area contributed by atoms with Gasteiger partial charge in [0.05, 0.1) is 5.52 Å². The molecule has 0 fully saturated rings. The Balaban J connectivity index is 1.91. The predicted octanol–water partition coefficient (Wildman–Crippen LogP) is 1.32. The molecule has 0 unspecified atom stereocenters. The van der Waals surface area contributed by atoms with E-state index in [2.05, 4.69) is 15.1 Å². The van der Waals surface area contributed by atoms with Crippen LogP contribution >= 0.6 is 0 Å². The van der Waals surface area contributed by atoms with Crippen LogP contribution in [0.25, 0.3) is 16.6 Å². The largest absolute Gasteiger partial charge is 0.504 e. The lowest BCUT2D eigenvalue weighted by Crippen LogP contribution is -2.05. The molecule has 0 spiro atoms. The van der Waals surface area contributed by atoms with Crippen molar-refractivity contribution in [3.05, 3.63) is 53.3 Å². The topological polar surface area (TPSA) is 136 Å². The second kappa shape index (κ2) is 5.60. The molecule has 2 aromatic carbocycles. The SMILES string of the molecule is NCc1ccc2nc(Cc3ccc(O)c(O)c3)n3nc(N)nc3c2c1. The van der Waals surface area contributed by atoms with Crippen molar-refractivity contribution in [1.29, 1.82) is 0 Å². The summed E-state index contributed by atoms with van der Waals surface area (Å²) in [6, 6.07) is 10.4. The van der Waals surface area contributed by atoms with Gasteiger partial charge in [0.15, 0.2) is 17.1 Å². The predicted molar refractivity (Wildman–Crippen MR) is 93.2 cm³/mol. The molecule has 126 valence electrons. The van der Waals surface area contributed by atoms with Crippen molar-refractivity contribution in [1.82, 2.24) is 19.6 Å². The first-order valence-electron chi connectivity index (χ1n) is 7.70. The third kappa shape index (κ3) is 2.58. The molecule has 0 aliphatic heterocycles. The van der Waals surface area contributed by atoms with Gasteiger partial charge in [0.1, 0.15) is 5.82 Å². The highest BCUT2D eigenvalue weighted by molar-refractivity contribution is 5.92. The quantitative estimate of drug-likeness (QED) is 0.414. The summed E-state index contributed by atoms with van der Waals surface area (Å²) in [7, 11) is 0. The highest BCUT2D eigenvalue weighted by Gasteiger charge is 2.14. The Kier molecular flexibility index (Phi) is 3.40. The number of hydrogen-bond acceptors (Lipinski definition) is 7. The van der Waals surface area contributed by atoms with Gasteiger partial charge >= 0.3 is 0 Å². The van der Waals surface area contributed by atoms with Crippen molar-refractivity contribution in [2.75, 3.05) is 5.73 Å². The third-order valence-electron chi connectivity index (χ3n) is 4.06. The Morgan fingerprint density at radius 1 is 0.960 bits per heavy atom. The number of aromatic hydroxyl groups is 2. The monoisotopic (exact) mass is 336 g/mol. The Morgan fingerprint density at radius 3 is 2.52 bits per heavy atom. The number of hydrogen-bond donors (Lipinski definition) is 4. The fourth-order valence-electron chi connectivity index (χ4n) is 2.83. The molecule has 0 bridgehead atoms. The maximum atomic E-state index is 9.69. The molecule has 2 heterocycles. The van der Waals surface area contributed by atoms with E-state index in [1.165, 1.54) is 12.1 Å². The van der Waals surface area contributed by atoms with Crippen LogP contribution < -0.4 is 11.5 Å². The average molecular weight is 336 g/mol. The Labute approximate surface area is 142 Å². The molecule has 25 heavy (non-hydrogen) atoms. The molecule has 0 aliphatic rings. The van der Waals surface area contributed by atoms with Gasteiger partial charge in [-0.1, -0.05) is 12.1 Å². The number of benzene rings is 2. The standard InChI is InChI=1S/C17H16N6O2/c18-8-10-1-3-12-11(5-10)16-21-17(19)22-23(16)15(20-12)7-9-2-4-13(24)14(25)6-9/h1-6,24-25H,7-8,18H2,(H2,19,22). The van der Waals surface area contributed by atoms with Gasteiger partial charge in [0.2, 0.25) is 5.95 Å². The summed E-state index contributed by atoms with van der Waals surface area (Å²) in [6.07, 6.45) is 0.391. The van der Waals surface area contributed by atoms with Crippen molar-refractivity contribution in [3.8, 4) is 11.5 Å². The van der Waals surface area contributed by atoms with E-state index in [1.54, 1.807) is 10.6 Å². The molecule has 0 aliphatic carbocycles. The van der Waals surface area contributed by atoms with E-state index in [4.69, 9.17) is 11.5 Å². The summed E-state index contributed by atoms with van der Waals surface area (Å²) in [5.74, 6) is 0.430. The van der Waals surface area contributed by atoms with Gasteiger partial charge < -0.3 is 21.7 Å². The number of nitrogens with two attached hydrogens (primary N) is 2. The number of phenolic OH excluding ortho intramolecular Hbond substituents is 2. The molecule has 6 N–H and O–H groups in total. The van der Waals surface area contributed by atoms with Crippen molar-refractivity contribution in [2.24, 2.45) is 5.73 Å². The highest BCUT2D eigenvalue weighted by Crippen LogP contribution is 2.27. The number of anilines is 1. The van der Waals surface area contributed by atoms with Crippen molar-refractivity contribution in [2.45, 2.75) is 13.0 Å². The minimum absolute atomic E-state index is 0.155. The lowest BCUT2D eigenvalue weighted by molar-refractivity contribution is 0.403. The van der Waals surface area contributed by atoms with Gasteiger partial charge in [0.25, 0.3) is 0 Å². The maximum Gasteiger partial charge on any atom is 0.240 e. The number of nitrogens with zero attached hydrogens (tertiary/aromatic N) is 4. The first-order valence-corrected chi connectivity index (χ1v) is 7.70. The molecule has 0 atom stereocenters. The van der Waals surface area contributed by atoms with E-state index < -0.39 is 0 Å². The highest BCUT2D eigenvalue weighted by atomic mass is 16.3. The Morgan fingerprint density at radius 2 is 1.76 bits per heavy atom. The summed E-state index contributed by atoms with van der Waals surface area (Å²) >= 11 is 0. The van der Waals surface area contributed by atoms with Crippen LogP contribution in [0.3, 0.4) is 0 Å². The second-order valence-corrected chi connectivity index (χ2v) is 5.79. The van der Waals surface area contributed by atoms with Crippen LogP contribution in [0.2, 0.25) is 0 Å². The van der Waals surface area contributed by atoms with Crippen LogP contribution in [-0.4, -0.2) is 29.8 Å². The second-order valence-electron chi connectivity index (χ2n) is 5.79. The minimum atomic E-state index is -0.180. The first-order chi connectivity index (χ1) is 12.0. The van der Waals surface area contributed by atoms with Crippen LogP contribution in [0.15, 0.2) is 36.4 Å². The smallest absolute Gasteiger partial charge is 0.240 e. The van der Waals surface area contributed by atoms with E-state index >= 15 is 0 Å². The molecule has 4 rings (SSSR count). The number of nitrogen functional groups attached to an aromatic ring is 1. The number of aromatic nitrogens is 4. The van der Waals surface area contributed by atoms with Crippen molar-refractivity contribution in [3.63, 3.8) is 0 Å². The van der Waals surface area contributed by atoms with Crippen LogP contribution in [0, 0.1) is 0 Å². The van der Waals surface area contributed by atoms with Crippen LogP contribution in [0.4, 0.5) is 5.95 Å². The molecule has 8 nitrogen and oxygen atoms in total. The van der Waals surface area contributed by atoms with Crippen molar-refractivity contribution < 1.29 is 10.2 Å². The minimum Gasteiger partial charge on any atom is -0.504 e. The van der Waals surface area contributed by atoms with Gasteiger partial charge in [0, 0.05) is 18.4 Å². The molecule has 0 radical (unpaired) electrons. The van der Waals surface area contributed by atoms with E-state index in [-0.39, 0.29) is 17.4 Å². The van der Waals surface area contributed by atoms with Gasteiger partial charge in [-0.15, -0.1) is 5.10 Å². The number of phenols is 2. The summed E-state index contributed by atoms with van der Waals surface area (Å²) in [4.78, 5) is 8.97. The zero-order valence-electron chi connectivity index (χ0n) is 13.2. The number of fused-ring (bicyclic) bond motifs is 3. The first kappa shape index (κ1) is 15.2. The molecule has 8 heteroatoms. The summed E-state index contributed by atoms with van der Waals surface area (Å²) < 4.78 is 1.60. The van der Waals surface area contributed by atoms with Gasteiger partial charge in [-0.3, -0.25) is 0 Å². The van der Waals surface area contributed by atoms with Gasteiger partial charge in [-0.25, -0.2) is 4.98 Å².